The highest BCUT2D eigenvalue weighted by Gasteiger charge is 2.31. The number of hydrogen-bond acceptors (Lipinski definition) is 4. The molecule has 4 nitrogen and oxygen atoms in total. The fraction of sp³-hybridized carbons (Fsp3) is 0.444. The van der Waals surface area contributed by atoms with Gasteiger partial charge < -0.3 is 5.32 Å². The molecule has 0 saturated carbocycles. The van der Waals surface area contributed by atoms with Crippen LogP contribution in [0.15, 0.2) is 27.8 Å². The van der Waals surface area contributed by atoms with Gasteiger partial charge in [-0.05, 0) is 41.0 Å². The molecule has 0 aliphatic carbocycles. The quantitative estimate of drug-likeness (QED) is 0.834. The van der Waals surface area contributed by atoms with Crippen molar-refractivity contribution in [3.8, 4) is 0 Å². The van der Waals surface area contributed by atoms with Crippen LogP contribution in [0, 0.1) is 0 Å². The van der Waals surface area contributed by atoms with E-state index in [-0.39, 0.29) is 22.7 Å². The van der Waals surface area contributed by atoms with Gasteiger partial charge in [-0.1, -0.05) is 6.07 Å². The predicted octanol–water partition coefficient (Wildman–Crippen LogP) is 1.40. The minimum Gasteiger partial charge on any atom is -0.315 e. The van der Waals surface area contributed by atoms with Gasteiger partial charge in [-0.2, -0.15) is 0 Å². The Morgan fingerprint density at radius 2 is 2.19 bits per heavy atom. The largest absolute Gasteiger partial charge is 0.315 e. The predicted molar refractivity (Wildman–Crippen MR) is 67.6 cm³/mol. The van der Waals surface area contributed by atoms with E-state index in [0.717, 1.165) is 6.54 Å². The Bertz CT molecular complexity index is 460. The Labute approximate surface area is 109 Å². The summed E-state index contributed by atoms with van der Waals surface area (Å²) in [4.78, 5) is 3.99. The van der Waals surface area contributed by atoms with Gasteiger partial charge in [0, 0.05) is 6.54 Å². The zero-order chi connectivity index (χ0) is 10.9. The molecular weight excluding hydrogens is 316 g/mol. The van der Waals surface area contributed by atoms with Crippen molar-refractivity contribution >= 4 is 38.2 Å². The first-order valence-corrected chi connectivity index (χ1v) is 7.02. The van der Waals surface area contributed by atoms with Gasteiger partial charge in [-0.15, -0.1) is 12.4 Å². The lowest BCUT2D eigenvalue weighted by Crippen LogP contribution is -2.24. The van der Waals surface area contributed by atoms with Crippen molar-refractivity contribution in [1.29, 1.82) is 0 Å². The zero-order valence-electron chi connectivity index (χ0n) is 8.39. The van der Waals surface area contributed by atoms with Crippen LogP contribution in [-0.2, 0) is 9.84 Å². The number of nitrogens with zero attached hydrogens (tertiary/aromatic N) is 1. The van der Waals surface area contributed by atoms with Crippen molar-refractivity contribution in [2.75, 3.05) is 13.1 Å². The Balaban J connectivity index is 0.00000128. The van der Waals surface area contributed by atoms with E-state index in [1.807, 2.05) is 0 Å². The number of halogens is 2. The summed E-state index contributed by atoms with van der Waals surface area (Å²) in [5, 5.41) is 2.87. The van der Waals surface area contributed by atoms with Crippen LogP contribution in [0.1, 0.15) is 6.42 Å². The lowest BCUT2D eigenvalue weighted by atomic mass is 10.4. The SMILES string of the molecule is Cl.O=S(=O)(c1cccc(Br)n1)C1CCNC1. The van der Waals surface area contributed by atoms with Crippen LogP contribution >= 0.6 is 28.3 Å². The van der Waals surface area contributed by atoms with Crippen LogP contribution in [0.2, 0.25) is 0 Å². The molecule has 0 bridgehead atoms. The molecule has 0 aromatic carbocycles. The Kier molecular flexibility index (Phi) is 4.73. The van der Waals surface area contributed by atoms with Crippen molar-refractivity contribution in [3.63, 3.8) is 0 Å². The molecule has 2 rings (SSSR count). The first kappa shape index (κ1) is 13.9. The molecule has 0 radical (unpaired) electrons. The summed E-state index contributed by atoms with van der Waals surface area (Å²) in [6.45, 7) is 1.29. The summed E-state index contributed by atoms with van der Waals surface area (Å²) >= 11 is 3.17. The third-order valence-corrected chi connectivity index (χ3v) is 4.97. The summed E-state index contributed by atoms with van der Waals surface area (Å²) in [6, 6.07) is 4.94. The molecule has 7 heteroatoms. The van der Waals surface area contributed by atoms with Gasteiger partial charge in [-0.3, -0.25) is 0 Å². The number of rotatable bonds is 2. The number of hydrogen-bond donors (Lipinski definition) is 1. The van der Waals surface area contributed by atoms with E-state index in [1.165, 1.54) is 0 Å². The van der Waals surface area contributed by atoms with Crippen LogP contribution in [0.4, 0.5) is 0 Å². The standard InChI is InChI=1S/C9H11BrN2O2S.ClH/c10-8-2-1-3-9(12-8)15(13,14)7-4-5-11-6-7;/h1-3,7,11H,4-6H2;1H. The van der Waals surface area contributed by atoms with E-state index in [0.29, 0.717) is 17.6 Å². The molecule has 0 spiro atoms. The summed E-state index contributed by atoms with van der Waals surface area (Å²) < 4.78 is 24.7. The summed E-state index contributed by atoms with van der Waals surface area (Å²) in [7, 11) is -3.26. The fourth-order valence-electron chi connectivity index (χ4n) is 1.61. The van der Waals surface area contributed by atoms with Gasteiger partial charge in [0.2, 0.25) is 0 Å². The maximum Gasteiger partial charge on any atom is 0.199 e. The van der Waals surface area contributed by atoms with Crippen molar-refractivity contribution in [3.05, 3.63) is 22.8 Å². The van der Waals surface area contributed by atoms with Gasteiger partial charge in [0.05, 0.1) is 5.25 Å². The summed E-state index contributed by atoms with van der Waals surface area (Å²) in [6.07, 6.45) is 0.663. The zero-order valence-corrected chi connectivity index (χ0v) is 11.6. The second-order valence-electron chi connectivity index (χ2n) is 3.46. The number of aromatic nitrogens is 1. The maximum absolute atomic E-state index is 12.1. The van der Waals surface area contributed by atoms with E-state index < -0.39 is 9.84 Å². The minimum atomic E-state index is -3.26. The third-order valence-electron chi connectivity index (χ3n) is 2.43. The maximum atomic E-state index is 12.1. The number of nitrogens with one attached hydrogen (secondary N) is 1. The van der Waals surface area contributed by atoms with Crippen molar-refractivity contribution in [2.24, 2.45) is 0 Å². The lowest BCUT2D eigenvalue weighted by molar-refractivity contribution is 0.579. The van der Waals surface area contributed by atoms with Crippen molar-refractivity contribution in [1.82, 2.24) is 10.3 Å². The highest BCUT2D eigenvalue weighted by atomic mass is 79.9. The Morgan fingerprint density at radius 1 is 1.44 bits per heavy atom. The van der Waals surface area contributed by atoms with Crippen molar-refractivity contribution < 1.29 is 8.42 Å². The van der Waals surface area contributed by atoms with Crippen LogP contribution in [0.3, 0.4) is 0 Å². The topological polar surface area (TPSA) is 59.1 Å². The molecule has 90 valence electrons. The van der Waals surface area contributed by atoms with Gasteiger partial charge >= 0.3 is 0 Å². The Hall–Kier alpha value is -0.170. The highest BCUT2D eigenvalue weighted by molar-refractivity contribution is 9.10. The Morgan fingerprint density at radius 3 is 2.75 bits per heavy atom. The fourth-order valence-corrected chi connectivity index (χ4v) is 3.67. The normalized spacial score (nSPS) is 20.4. The molecule has 1 aliphatic heterocycles. The highest BCUT2D eigenvalue weighted by Crippen LogP contribution is 2.19. The molecule has 1 fully saturated rings. The summed E-state index contributed by atoms with van der Waals surface area (Å²) in [5.74, 6) is 0. The average molecular weight is 328 g/mol. The van der Waals surface area contributed by atoms with Crippen LogP contribution in [0.25, 0.3) is 0 Å². The molecule has 2 heterocycles. The van der Waals surface area contributed by atoms with E-state index in [1.54, 1.807) is 18.2 Å². The first-order valence-electron chi connectivity index (χ1n) is 4.68. The molecule has 1 aromatic heterocycles. The first-order chi connectivity index (χ1) is 7.10. The average Bonchev–Trinajstić information content (AvgIpc) is 2.71. The molecular formula is C9H12BrClN2O2S. The van der Waals surface area contributed by atoms with E-state index in [2.05, 4.69) is 26.2 Å². The van der Waals surface area contributed by atoms with Crippen LogP contribution in [-0.4, -0.2) is 31.7 Å². The molecule has 1 saturated heterocycles. The molecule has 1 aliphatic rings. The van der Waals surface area contributed by atoms with E-state index >= 15 is 0 Å². The van der Waals surface area contributed by atoms with Gasteiger partial charge in [0.1, 0.15) is 4.60 Å². The smallest absolute Gasteiger partial charge is 0.199 e. The number of pyridine rings is 1. The second kappa shape index (κ2) is 5.44. The second-order valence-corrected chi connectivity index (χ2v) is 6.45. The van der Waals surface area contributed by atoms with E-state index in [9.17, 15) is 8.42 Å². The molecule has 1 unspecified atom stereocenters. The molecule has 1 atom stereocenters. The monoisotopic (exact) mass is 326 g/mol. The van der Waals surface area contributed by atoms with Crippen molar-refractivity contribution in [2.45, 2.75) is 16.7 Å². The van der Waals surface area contributed by atoms with Crippen LogP contribution < -0.4 is 5.32 Å². The van der Waals surface area contributed by atoms with Gasteiger partial charge in [0.15, 0.2) is 14.9 Å². The lowest BCUT2D eigenvalue weighted by Gasteiger charge is -2.09. The third kappa shape index (κ3) is 2.74. The molecule has 1 N–H and O–H groups in total. The van der Waals surface area contributed by atoms with Gasteiger partial charge in [0.25, 0.3) is 0 Å². The molecule has 1 aromatic rings. The number of sulfone groups is 1. The summed E-state index contributed by atoms with van der Waals surface area (Å²) in [5.41, 5.74) is 0. The minimum absolute atomic E-state index is 0. The van der Waals surface area contributed by atoms with Crippen LogP contribution in [0.5, 0.6) is 0 Å². The molecule has 0 amide bonds. The molecule has 16 heavy (non-hydrogen) atoms. The van der Waals surface area contributed by atoms with E-state index in [4.69, 9.17) is 0 Å². The van der Waals surface area contributed by atoms with Gasteiger partial charge in [-0.25, -0.2) is 13.4 Å².